The monoisotopic (exact) mass is 583 g/mol. The van der Waals surface area contributed by atoms with E-state index in [9.17, 15) is 14.4 Å². The van der Waals surface area contributed by atoms with Crippen LogP contribution in [0.15, 0.2) is 47.3 Å². The van der Waals surface area contributed by atoms with Gasteiger partial charge in [-0.2, -0.15) is 0 Å². The van der Waals surface area contributed by atoms with Crippen LogP contribution >= 0.6 is 23.2 Å². The van der Waals surface area contributed by atoms with Crippen LogP contribution in [-0.2, 0) is 17.7 Å². The predicted octanol–water partition coefficient (Wildman–Crippen LogP) is 4.42. The highest BCUT2D eigenvalue weighted by Crippen LogP contribution is 2.27. The zero-order chi connectivity index (χ0) is 28.6. The number of halogens is 2. The topological polar surface area (TPSA) is 96.8 Å². The van der Waals surface area contributed by atoms with E-state index in [2.05, 4.69) is 5.32 Å². The first-order valence-corrected chi connectivity index (χ1v) is 14.0. The Morgan fingerprint density at radius 3 is 2.33 bits per heavy atom. The number of morpholine rings is 1. The highest BCUT2D eigenvalue weighted by Gasteiger charge is 2.32. The molecule has 2 amide bonds. The molecule has 0 bridgehead atoms. The zero-order valence-corrected chi connectivity index (χ0v) is 24.1. The summed E-state index contributed by atoms with van der Waals surface area (Å²) >= 11 is 12.2. The molecule has 1 fully saturated rings. The zero-order valence-electron chi connectivity index (χ0n) is 22.6. The fraction of sp³-hybridized carbons (Fsp3) is 0.379. The number of hydrogen-bond acceptors (Lipinski definition) is 6. The van der Waals surface area contributed by atoms with Crippen LogP contribution in [0.4, 0.5) is 5.95 Å². The lowest BCUT2D eigenvalue weighted by Crippen LogP contribution is -2.46. The number of fused-ring (bicyclic) bond motifs is 1. The Labute approximate surface area is 242 Å². The summed E-state index contributed by atoms with van der Waals surface area (Å²) in [6.45, 7) is 8.18. The summed E-state index contributed by atoms with van der Waals surface area (Å²) in [5, 5.41) is 3.96. The molecule has 2 aromatic carbocycles. The van der Waals surface area contributed by atoms with E-state index in [1.54, 1.807) is 56.8 Å². The van der Waals surface area contributed by atoms with Gasteiger partial charge in [0.25, 0.3) is 17.4 Å². The van der Waals surface area contributed by atoms with E-state index in [4.69, 9.17) is 32.9 Å². The second-order valence-corrected chi connectivity index (χ2v) is 11.2. The van der Waals surface area contributed by atoms with Crippen molar-refractivity contribution in [3.63, 3.8) is 0 Å². The second kappa shape index (κ2) is 11.6. The normalized spacial score (nSPS) is 17.1. The number of carbonyl (C=O) groups is 2. The third-order valence-electron chi connectivity index (χ3n) is 7.13. The number of rotatable bonds is 5. The molecule has 40 heavy (non-hydrogen) atoms. The third kappa shape index (κ3) is 5.59. The first-order valence-electron chi connectivity index (χ1n) is 13.3. The van der Waals surface area contributed by atoms with Crippen LogP contribution in [-0.4, -0.2) is 69.6 Å². The van der Waals surface area contributed by atoms with Crippen LogP contribution in [0.5, 0.6) is 0 Å². The highest BCUT2D eigenvalue weighted by atomic mass is 35.5. The number of aromatic nitrogens is 2. The van der Waals surface area contributed by atoms with Crippen molar-refractivity contribution in [2.45, 2.75) is 45.8 Å². The Morgan fingerprint density at radius 2 is 1.68 bits per heavy atom. The smallest absolute Gasteiger partial charge is 0.263 e. The SMILES string of the molecule is CC(C)Nc1nc2c(c(=O)n1-c1ccc(C(=O)N3CCOCC3)cc1)C[C@@H](C)N(C(=O)c1ccc(Cl)c(Cl)c1)C2. The maximum atomic E-state index is 13.9. The lowest BCUT2D eigenvalue weighted by molar-refractivity contribution is 0.0303. The molecule has 3 heterocycles. The Bertz CT molecular complexity index is 1500. The van der Waals surface area contributed by atoms with Crippen LogP contribution in [0.2, 0.25) is 10.0 Å². The van der Waals surface area contributed by atoms with Crippen molar-refractivity contribution in [1.82, 2.24) is 19.4 Å². The standard InChI is InChI=1S/C29H31Cl2N5O4/c1-17(2)32-29-33-25-16-35(27(38)20-6-9-23(30)24(31)15-20)18(3)14-22(25)28(39)36(29)21-7-4-19(5-8-21)26(37)34-10-12-40-13-11-34/h4-9,15,17-18H,10-14,16H2,1-3H3,(H,32,33)/t18-/m1/s1. The summed E-state index contributed by atoms with van der Waals surface area (Å²) < 4.78 is 6.89. The Hall–Kier alpha value is -3.40. The van der Waals surface area contributed by atoms with Crippen molar-refractivity contribution in [3.8, 4) is 5.69 Å². The number of nitrogens with one attached hydrogen (secondary N) is 1. The number of benzene rings is 2. The number of carbonyl (C=O) groups excluding carboxylic acids is 2. The second-order valence-electron chi connectivity index (χ2n) is 10.4. The quantitative estimate of drug-likeness (QED) is 0.477. The summed E-state index contributed by atoms with van der Waals surface area (Å²) in [4.78, 5) is 48.5. The summed E-state index contributed by atoms with van der Waals surface area (Å²) in [5.74, 6) is 0.107. The van der Waals surface area contributed by atoms with E-state index in [-0.39, 0.29) is 36.0 Å². The number of hydrogen-bond donors (Lipinski definition) is 1. The van der Waals surface area contributed by atoms with Crippen molar-refractivity contribution < 1.29 is 14.3 Å². The van der Waals surface area contributed by atoms with Gasteiger partial charge in [-0.25, -0.2) is 9.55 Å². The predicted molar refractivity (Wildman–Crippen MR) is 155 cm³/mol. The van der Waals surface area contributed by atoms with Crippen LogP contribution in [0, 0.1) is 0 Å². The van der Waals surface area contributed by atoms with Crippen molar-refractivity contribution in [2.24, 2.45) is 0 Å². The lowest BCUT2D eigenvalue weighted by Gasteiger charge is -2.35. The van der Waals surface area contributed by atoms with Gasteiger partial charge in [-0.05, 0) is 69.7 Å². The minimum atomic E-state index is -0.241. The molecule has 0 aliphatic carbocycles. The van der Waals surface area contributed by atoms with E-state index in [1.807, 2.05) is 20.8 Å². The minimum Gasteiger partial charge on any atom is -0.378 e. The molecule has 2 aliphatic rings. The lowest BCUT2D eigenvalue weighted by atomic mass is 9.98. The largest absolute Gasteiger partial charge is 0.378 e. The summed E-state index contributed by atoms with van der Waals surface area (Å²) in [6, 6.07) is 11.5. The molecular formula is C29H31Cl2N5O4. The first kappa shape index (κ1) is 28.1. The van der Waals surface area contributed by atoms with Crippen LogP contribution < -0.4 is 10.9 Å². The van der Waals surface area contributed by atoms with Gasteiger partial charge >= 0.3 is 0 Å². The summed E-state index contributed by atoms with van der Waals surface area (Å²) in [6.07, 6.45) is 0.351. The van der Waals surface area contributed by atoms with Crippen molar-refractivity contribution >= 4 is 41.0 Å². The average Bonchev–Trinajstić information content (AvgIpc) is 2.94. The fourth-order valence-electron chi connectivity index (χ4n) is 5.02. The van der Waals surface area contributed by atoms with E-state index in [0.29, 0.717) is 76.8 Å². The Morgan fingerprint density at radius 1 is 1.00 bits per heavy atom. The molecule has 9 nitrogen and oxygen atoms in total. The molecule has 0 radical (unpaired) electrons. The van der Waals surface area contributed by atoms with Gasteiger partial charge in [-0.3, -0.25) is 14.4 Å². The fourth-order valence-corrected chi connectivity index (χ4v) is 5.32. The van der Waals surface area contributed by atoms with Gasteiger partial charge in [0, 0.05) is 41.9 Å². The van der Waals surface area contributed by atoms with Gasteiger partial charge in [0.15, 0.2) is 0 Å². The minimum absolute atomic E-state index is 0.00479. The molecule has 1 N–H and O–H groups in total. The first-order chi connectivity index (χ1) is 19.1. The van der Waals surface area contributed by atoms with Gasteiger partial charge in [0.2, 0.25) is 5.95 Å². The summed E-state index contributed by atoms with van der Waals surface area (Å²) in [5.41, 5.74) is 2.49. The highest BCUT2D eigenvalue weighted by molar-refractivity contribution is 6.42. The number of amides is 2. The molecule has 11 heteroatoms. The molecule has 0 unspecified atom stereocenters. The molecule has 1 atom stereocenters. The summed E-state index contributed by atoms with van der Waals surface area (Å²) in [7, 11) is 0. The van der Waals surface area contributed by atoms with Gasteiger partial charge in [-0.1, -0.05) is 23.2 Å². The molecule has 1 saturated heterocycles. The van der Waals surface area contributed by atoms with Crippen molar-refractivity contribution in [1.29, 1.82) is 0 Å². The van der Waals surface area contributed by atoms with Gasteiger partial charge in [0.05, 0.1) is 41.2 Å². The average molecular weight is 585 g/mol. The Balaban J connectivity index is 1.48. The van der Waals surface area contributed by atoms with Crippen molar-refractivity contribution in [2.75, 3.05) is 31.6 Å². The maximum Gasteiger partial charge on any atom is 0.263 e. The third-order valence-corrected chi connectivity index (χ3v) is 7.87. The van der Waals surface area contributed by atoms with E-state index >= 15 is 0 Å². The van der Waals surface area contributed by atoms with Crippen LogP contribution in [0.3, 0.4) is 0 Å². The molecule has 3 aromatic rings. The van der Waals surface area contributed by atoms with Gasteiger partial charge in [0.1, 0.15) is 0 Å². The molecule has 210 valence electrons. The van der Waals surface area contributed by atoms with Gasteiger partial charge < -0.3 is 19.9 Å². The molecule has 0 saturated carbocycles. The number of ether oxygens (including phenoxy) is 1. The maximum absolute atomic E-state index is 13.9. The molecule has 2 aliphatic heterocycles. The molecule has 1 aromatic heterocycles. The number of anilines is 1. The van der Waals surface area contributed by atoms with Gasteiger partial charge in [-0.15, -0.1) is 0 Å². The van der Waals surface area contributed by atoms with Crippen molar-refractivity contribution in [3.05, 3.63) is 85.2 Å². The van der Waals surface area contributed by atoms with E-state index in [1.165, 1.54) is 0 Å². The van der Waals surface area contributed by atoms with Crippen LogP contribution in [0.25, 0.3) is 5.69 Å². The van der Waals surface area contributed by atoms with Crippen LogP contribution in [0.1, 0.15) is 52.7 Å². The molecular weight excluding hydrogens is 553 g/mol. The van der Waals surface area contributed by atoms with E-state index < -0.39 is 0 Å². The molecule has 0 spiro atoms. The molecule has 5 rings (SSSR count). The Kier molecular flexibility index (Phi) is 8.16. The van der Waals surface area contributed by atoms with E-state index in [0.717, 1.165) is 0 Å². The number of nitrogens with zero attached hydrogens (tertiary/aromatic N) is 4.